The Hall–Kier alpha value is -2.13. The fraction of sp³-hybridized carbons (Fsp3) is 0.235. The van der Waals surface area contributed by atoms with E-state index in [9.17, 15) is 4.79 Å². The van der Waals surface area contributed by atoms with Crippen LogP contribution in [0.4, 0.5) is 5.69 Å². The summed E-state index contributed by atoms with van der Waals surface area (Å²) in [6, 6.07) is 15.0. The van der Waals surface area contributed by atoms with Gasteiger partial charge in [0, 0.05) is 6.07 Å². The molecule has 3 heteroatoms. The van der Waals surface area contributed by atoms with Gasteiger partial charge in [-0.25, -0.2) is 4.79 Å². The van der Waals surface area contributed by atoms with Crippen molar-refractivity contribution in [2.45, 2.75) is 6.92 Å². The fourth-order valence-corrected chi connectivity index (χ4v) is 1.90. The third kappa shape index (κ3) is 3.45. The van der Waals surface area contributed by atoms with Gasteiger partial charge in [-0.2, -0.15) is 0 Å². The molecule has 0 aliphatic carbocycles. The van der Waals surface area contributed by atoms with Gasteiger partial charge in [-0.1, -0.05) is 23.8 Å². The molecule has 2 aromatic carbocycles. The Balaban J connectivity index is 2.20. The predicted molar refractivity (Wildman–Crippen MR) is 82.1 cm³/mol. The van der Waals surface area contributed by atoms with Crippen molar-refractivity contribution in [3.8, 4) is 5.75 Å². The van der Waals surface area contributed by atoms with Gasteiger partial charge in [-0.15, -0.1) is 0 Å². The SMILES string of the molecule is Cc1cccc(C(=O)Oc2cccc([N+](C)(C)C)c2)c1. The van der Waals surface area contributed by atoms with Crippen molar-refractivity contribution in [2.75, 3.05) is 21.1 Å². The summed E-state index contributed by atoms with van der Waals surface area (Å²) in [6.07, 6.45) is 0. The van der Waals surface area contributed by atoms with E-state index in [-0.39, 0.29) is 5.97 Å². The van der Waals surface area contributed by atoms with E-state index in [0.717, 1.165) is 11.3 Å². The van der Waals surface area contributed by atoms with Gasteiger partial charge in [-0.3, -0.25) is 4.48 Å². The van der Waals surface area contributed by atoms with Crippen LogP contribution in [0.25, 0.3) is 0 Å². The van der Waals surface area contributed by atoms with Gasteiger partial charge in [0.15, 0.2) is 0 Å². The van der Waals surface area contributed by atoms with Gasteiger partial charge in [0.1, 0.15) is 11.4 Å². The van der Waals surface area contributed by atoms with Crippen LogP contribution >= 0.6 is 0 Å². The second-order valence-corrected chi connectivity index (χ2v) is 5.77. The number of quaternary nitrogens is 1. The summed E-state index contributed by atoms with van der Waals surface area (Å²) in [6.45, 7) is 1.95. The highest BCUT2D eigenvalue weighted by molar-refractivity contribution is 5.91. The Kier molecular flexibility index (Phi) is 3.91. The Morgan fingerprint density at radius 3 is 2.35 bits per heavy atom. The molecule has 0 N–H and O–H groups in total. The van der Waals surface area contributed by atoms with Crippen LogP contribution in [0.3, 0.4) is 0 Å². The lowest BCUT2D eigenvalue weighted by molar-refractivity contribution is 0.0734. The summed E-state index contributed by atoms with van der Waals surface area (Å²) in [5, 5.41) is 0. The zero-order valence-corrected chi connectivity index (χ0v) is 12.4. The van der Waals surface area contributed by atoms with E-state index in [4.69, 9.17) is 4.74 Å². The molecule has 0 aliphatic rings. The predicted octanol–water partition coefficient (Wildman–Crippen LogP) is 3.41. The third-order valence-electron chi connectivity index (χ3n) is 3.06. The molecule has 0 aromatic heterocycles. The van der Waals surface area contributed by atoms with Gasteiger partial charge in [0.25, 0.3) is 0 Å². The first kappa shape index (κ1) is 14.3. The zero-order chi connectivity index (χ0) is 14.8. The molecule has 2 aromatic rings. The number of hydrogen-bond acceptors (Lipinski definition) is 2. The van der Waals surface area contributed by atoms with Crippen LogP contribution in [0.1, 0.15) is 15.9 Å². The Morgan fingerprint density at radius 1 is 1.00 bits per heavy atom. The molecule has 2 rings (SSSR count). The summed E-state index contributed by atoms with van der Waals surface area (Å²) in [5.41, 5.74) is 2.69. The van der Waals surface area contributed by atoms with Crippen molar-refractivity contribution in [3.05, 3.63) is 59.7 Å². The van der Waals surface area contributed by atoms with Crippen LogP contribution < -0.4 is 9.22 Å². The molecule has 0 atom stereocenters. The van der Waals surface area contributed by atoms with Crippen LogP contribution in [-0.2, 0) is 0 Å². The number of ether oxygens (including phenoxy) is 1. The maximum absolute atomic E-state index is 12.1. The largest absolute Gasteiger partial charge is 0.423 e. The number of nitrogens with zero attached hydrogens (tertiary/aromatic N) is 1. The van der Waals surface area contributed by atoms with E-state index in [1.54, 1.807) is 12.1 Å². The van der Waals surface area contributed by atoms with Crippen molar-refractivity contribution in [1.82, 2.24) is 4.48 Å². The van der Waals surface area contributed by atoms with Crippen LogP contribution in [0, 0.1) is 6.92 Å². The second kappa shape index (κ2) is 5.47. The van der Waals surface area contributed by atoms with E-state index in [1.807, 2.05) is 43.3 Å². The molecule has 0 amide bonds. The van der Waals surface area contributed by atoms with Gasteiger partial charge < -0.3 is 4.74 Å². The van der Waals surface area contributed by atoms with Gasteiger partial charge >= 0.3 is 5.97 Å². The van der Waals surface area contributed by atoms with E-state index in [1.165, 1.54) is 0 Å². The first-order valence-electron chi connectivity index (χ1n) is 6.57. The minimum Gasteiger partial charge on any atom is -0.423 e. The van der Waals surface area contributed by atoms with E-state index in [2.05, 4.69) is 21.1 Å². The second-order valence-electron chi connectivity index (χ2n) is 5.77. The summed E-state index contributed by atoms with van der Waals surface area (Å²) in [7, 11) is 6.21. The number of aryl methyl sites for hydroxylation is 1. The average Bonchev–Trinajstić information content (AvgIpc) is 2.38. The summed E-state index contributed by atoms with van der Waals surface area (Å²) in [4.78, 5) is 12.1. The molecule has 0 aliphatic heterocycles. The monoisotopic (exact) mass is 270 g/mol. The minimum atomic E-state index is -0.327. The number of hydrogen-bond donors (Lipinski definition) is 0. The highest BCUT2D eigenvalue weighted by Crippen LogP contribution is 2.23. The lowest BCUT2D eigenvalue weighted by Gasteiger charge is -2.23. The minimum absolute atomic E-state index is 0.327. The van der Waals surface area contributed by atoms with Crippen molar-refractivity contribution >= 4 is 11.7 Å². The maximum atomic E-state index is 12.1. The van der Waals surface area contributed by atoms with E-state index < -0.39 is 0 Å². The maximum Gasteiger partial charge on any atom is 0.343 e. The lowest BCUT2D eigenvalue weighted by atomic mass is 10.1. The highest BCUT2D eigenvalue weighted by Gasteiger charge is 2.14. The van der Waals surface area contributed by atoms with Crippen molar-refractivity contribution in [1.29, 1.82) is 0 Å². The Bertz CT molecular complexity index is 627. The summed E-state index contributed by atoms with van der Waals surface area (Å²) >= 11 is 0. The van der Waals surface area contributed by atoms with Crippen LogP contribution in [0.2, 0.25) is 0 Å². The molecular weight excluding hydrogens is 250 g/mol. The Morgan fingerprint density at radius 2 is 1.70 bits per heavy atom. The van der Waals surface area contributed by atoms with Crippen LogP contribution in [0.5, 0.6) is 5.75 Å². The average molecular weight is 270 g/mol. The molecule has 0 spiro atoms. The van der Waals surface area contributed by atoms with Gasteiger partial charge in [-0.05, 0) is 31.2 Å². The Labute approximate surface area is 120 Å². The normalized spacial score (nSPS) is 11.2. The fourth-order valence-electron chi connectivity index (χ4n) is 1.90. The molecule has 0 unspecified atom stereocenters. The standard InChI is InChI=1S/C17H20NO2/c1-13-7-5-8-14(11-13)17(19)20-16-10-6-9-15(12-16)18(2,3)4/h5-12H,1-4H3/q+1. The van der Waals surface area contributed by atoms with Crippen LogP contribution in [0.15, 0.2) is 48.5 Å². The van der Waals surface area contributed by atoms with Crippen molar-refractivity contribution in [3.63, 3.8) is 0 Å². The molecule has 0 heterocycles. The van der Waals surface area contributed by atoms with E-state index in [0.29, 0.717) is 15.8 Å². The van der Waals surface area contributed by atoms with Gasteiger partial charge in [0.2, 0.25) is 0 Å². The molecule has 104 valence electrons. The molecule has 0 saturated carbocycles. The number of benzene rings is 2. The molecule has 0 saturated heterocycles. The smallest absolute Gasteiger partial charge is 0.343 e. The number of rotatable bonds is 3. The topological polar surface area (TPSA) is 26.3 Å². The first-order chi connectivity index (χ1) is 9.36. The molecule has 3 nitrogen and oxygen atoms in total. The van der Waals surface area contributed by atoms with Crippen molar-refractivity contribution < 1.29 is 9.53 Å². The summed E-state index contributed by atoms with van der Waals surface area (Å²) in [5.74, 6) is 0.245. The quantitative estimate of drug-likeness (QED) is 0.485. The first-order valence-corrected chi connectivity index (χ1v) is 6.57. The molecule has 0 bridgehead atoms. The third-order valence-corrected chi connectivity index (χ3v) is 3.06. The van der Waals surface area contributed by atoms with Crippen molar-refractivity contribution in [2.24, 2.45) is 0 Å². The molecule has 0 radical (unpaired) electrons. The summed E-state index contributed by atoms with van der Waals surface area (Å²) < 4.78 is 6.12. The number of carbonyl (C=O) groups excluding carboxylic acids is 1. The molecular formula is C17H20NO2+. The number of carbonyl (C=O) groups is 1. The molecule has 20 heavy (non-hydrogen) atoms. The number of esters is 1. The lowest BCUT2D eigenvalue weighted by Crippen LogP contribution is -2.34. The zero-order valence-electron chi connectivity index (χ0n) is 12.4. The van der Waals surface area contributed by atoms with E-state index >= 15 is 0 Å². The van der Waals surface area contributed by atoms with Gasteiger partial charge in [0.05, 0.1) is 26.7 Å². The molecule has 0 fully saturated rings. The van der Waals surface area contributed by atoms with Crippen LogP contribution in [-0.4, -0.2) is 27.1 Å². The highest BCUT2D eigenvalue weighted by atomic mass is 16.5.